The molecule has 2 heterocycles. The number of nitro groups is 1. The fourth-order valence-corrected chi connectivity index (χ4v) is 3.03. The molecule has 138 valence electrons. The van der Waals surface area contributed by atoms with Crippen molar-refractivity contribution < 1.29 is 19.2 Å². The van der Waals surface area contributed by atoms with Crippen molar-refractivity contribution in [2.45, 2.75) is 26.4 Å². The van der Waals surface area contributed by atoms with Crippen LogP contribution < -0.4 is 10.3 Å². The molecule has 1 atom stereocenters. The van der Waals surface area contributed by atoms with Crippen LogP contribution in [0.1, 0.15) is 36.1 Å². The Balaban J connectivity index is 2.25. The van der Waals surface area contributed by atoms with Crippen molar-refractivity contribution in [1.82, 2.24) is 4.98 Å². The highest BCUT2D eigenvalue weighted by atomic mass is 16.6. The molecule has 1 aromatic heterocycles. The molecule has 0 saturated carbocycles. The summed E-state index contributed by atoms with van der Waals surface area (Å²) in [5, 5.41) is 20.6. The maximum atomic E-state index is 12.1. The zero-order chi connectivity index (χ0) is 19.7. The van der Waals surface area contributed by atoms with E-state index >= 15 is 0 Å². The third kappa shape index (κ3) is 3.25. The molecule has 0 amide bonds. The summed E-state index contributed by atoms with van der Waals surface area (Å²) in [6.45, 7) is 3.50. The van der Waals surface area contributed by atoms with Crippen LogP contribution in [0.25, 0.3) is 11.3 Å². The molecule has 0 radical (unpaired) electrons. The number of carbonyl (C=O) groups excluding carboxylic acids is 1. The van der Waals surface area contributed by atoms with E-state index in [1.165, 1.54) is 12.1 Å². The summed E-state index contributed by atoms with van der Waals surface area (Å²) in [5.74, 6) is -0.593. The average Bonchev–Trinajstić information content (AvgIpc) is 2.61. The number of aromatic amines is 1. The van der Waals surface area contributed by atoms with Crippen LogP contribution >= 0.6 is 0 Å². The van der Waals surface area contributed by atoms with Crippen LogP contribution in [0.4, 0.5) is 5.69 Å². The van der Waals surface area contributed by atoms with Gasteiger partial charge >= 0.3 is 11.7 Å². The number of H-pyrrole nitrogens is 1. The second-order valence-corrected chi connectivity index (χ2v) is 5.99. The van der Waals surface area contributed by atoms with Crippen molar-refractivity contribution in [3.05, 3.63) is 55.4 Å². The molecule has 1 aromatic carbocycles. The lowest BCUT2D eigenvalue weighted by Gasteiger charge is -2.28. The number of hydrogen-bond acceptors (Lipinski definition) is 7. The number of ether oxygens (including phenoxy) is 2. The summed E-state index contributed by atoms with van der Waals surface area (Å²) in [6.07, 6.45) is -1.15. The van der Waals surface area contributed by atoms with Gasteiger partial charge in [0, 0.05) is 17.2 Å². The van der Waals surface area contributed by atoms with Gasteiger partial charge in [-0.05, 0) is 31.5 Å². The lowest BCUT2D eigenvalue weighted by atomic mass is 9.93. The molecule has 27 heavy (non-hydrogen) atoms. The molecule has 2 aromatic rings. The van der Waals surface area contributed by atoms with Gasteiger partial charge in [0.15, 0.2) is 0 Å². The van der Waals surface area contributed by atoms with Crippen molar-refractivity contribution in [2.75, 3.05) is 6.61 Å². The van der Waals surface area contributed by atoms with Crippen molar-refractivity contribution in [2.24, 2.45) is 0 Å². The van der Waals surface area contributed by atoms with E-state index in [4.69, 9.17) is 14.7 Å². The molecule has 0 spiro atoms. The molecule has 0 saturated heterocycles. The van der Waals surface area contributed by atoms with E-state index in [0.29, 0.717) is 22.4 Å². The van der Waals surface area contributed by atoms with Crippen molar-refractivity contribution in [3.8, 4) is 23.1 Å². The van der Waals surface area contributed by atoms with E-state index in [1.807, 2.05) is 0 Å². The molecule has 9 nitrogen and oxygen atoms in total. The highest BCUT2D eigenvalue weighted by molar-refractivity contribution is 5.80. The SMILES string of the molecule is CCOC(=O)CC1Oc2c(cc(C)cc2[N+](=O)[O-])-c2[nH]c(=O)c(C#N)cc21. The topological polar surface area (TPSA) is 135 Å². The summed E-state index contributed by atoms with van der Waals surface area (Å²) in [5.41, 5.74) is 0.588. The van der Waals surface area contributed by atoms with E-state index < -0.39 is 22.6 Å². The van der Waals surface area contributed by atoms with Gasteiger partial charge < -0.3 is 14.5 Å². The predicted octanol–water partition coefficient (Wildman–Crippen LogP) is 2.52. The van der Waals surface area contributed by atoms with Crippen LogP contribution in [0.15, 0.2) is 23.0 Å². The fourth-order valence-electron chi connectivity index (χ4n) is 3.03. The first kappa shape index (κ1) is 18.1. The molecule has 3 rings (SSSR count). The average molecular weight is 369 g/mol. The number of nitro benzene ring substituents is 1. The van der Waals surface area contributed by atoms with Crippen molar-refractivity contribution in [1.29, 1.82) is 5.26 Å². The zero-order valence-corrected chi connectivity index (χ0v) is 14.6. The summed E-state index contributed by atoms with van der Waals surface area (Å²) >= 11 is 0. The molecular weight excluding hydrogens is 354 g/mol. The first-order chi connectivity index (χ1) is 12.8. The van der Waals surface area contributed by atoms with Crippen LogP contribution in [-0.2, 0) is 9.53 Å². The number of aromatic nitrogens is 1. The lowest BCUT2D eigenvalue weighted by Crippen LogP contribution is -2.24. The third-order valence-electron chi connectivity index (χ3n) is 4.14. The highest BCUT2D eigenvalue weighted by Gasteiger charge is 2.34. The fraction of sp³-hybridized carbons (Fsp3) is 0.278. The molecule has 1 N–H and O–H groups in total. The maximum absolute atomic E-state index is 12.1. The summed E-state index contributed by atoms with van der Waals surface area (Å²) in [7, 11) is 0. The molecule has 9 heteroatoms. The number of benzene rings is 1. The van der Waals surface area contributed by atoms with Crippen molar-refractivity contribution >= 4 is 11.7 Å². The van der Waals surface area contributed by atoms with Gasteiger partial charge in [0.1, 0.15) is 17.7 Å². The predicted molar refractivity (Wildman–Crippen MR) is 93.2 cm³/mol. The highest BCUT2D eigenvalue weighted by Crippen LogP contribution is 2.47. The normalized spacial score (nSPS) is 14.3. The minimum Gasteiger partial charge on any atom is -0.477 e. The Kier molecular flexibility index (Phi) is 4.64. The zero-order valence-electron chi connectivity index (χ0n) is 14.6. The minimum atomic E-state index is -0.933. The first-order valence-electron chi connectivity index (χ1n) is 8.14. The van der Waals surface area contributed by atoms with E-state index in [9.17, 15) is 19.7 Å². The number of rotatable bonds is 4. The summed E-state index contributed by atoms with van der Waals surface area (Å²) in [6, 6.07) is 6.12. The smallest absolute Gasteiger partial charge is 0.311 e. The van der Waals surface area contributed by atoms with Crippen LogP contribution in [0.5, 0.6) is 5.75 Å². The Bertz CT molecular complexity index is 1050. The van der Waals surface area contributed by atoms with E-state index in [2.05, 4.69) is 4.98 Å². The van der Waals surface area contributed by atoms with E-state index in [0.717, 1.165) is 0 Å². The van der Waals surface area contributed by atoms with Crippen LogP contribution in [0.2, 0.25) is 0 Å². The van der Waals surface area contributed by atoms with Gasteiger partial charge in [-0.25, -0.2) is 0 Å². The largest absolute Gasteiger partial charge is 0.477 e. The van der Waals surface area contributed by atoms with E-state index in [-0.39, 0.29) is 30.0 Å². The minimum absolute atomic E-state index is 0.0345. The Morgan fingerprint density at radius 1 is 1.44 bits per heavy atom. The van der Waals surface area contributed by atoms with Gasteiger partial charge in [-0.15, -0.1) is 0 Å². The van der Waals surface area contributed by atoms with Crippen molar-refractivity contribution in [3.63, 3.8) is 0 Å². The van der Waals surface area contributed by atoms with E-state index in [1.54, 1.807) is 26.0 Å². The number of carbonyl (C=O) groups is 1. The standard InChI is InChI=1S/C18H15N3O6/c1-3-26-15(22)7-14-11-6-10(8-19)18(23)20-16(11)12-4-9(2)5-13(21(24)25)17(12)27-14/h4-6,14H,3,7H2,1-2H3,(H,20,23). The van der Waals surface area contributed by atoms with Crippen LogP contribution in [0, 0.1) is 28.4 Å². The molecule has 0 aliphatic carbocycles. The molecular formula is C18H15N3O6. The summed E-state index contributed by atoms with van der Waals surface area (Å²) in [4.78, 5) is 37.5. The lowest BCUT2D eigenvalue weighted by molar-refractivity contribution is -0.386. The monoisotopic (exact) mass is 369 g/mol. The van der Waals surface area contributed by atoms with Gasteiger partial charge in [0.05, 0.1) is 23.6 Å². The third-order valence-corrected chi connectivity index (χ3v) is 4.14. The first-order valence-corrected chi connectivity index (χ1v) is 8.14. The van der Waals surface area contributed by atoms with Gasteiger partial charge in [0.25, 0.3) is 5.56 Å². The molecule has 0 fully saturated rings. The number of fused-ring (bicyclic) bond motifs is 3. The Hall–Kier alpha value is -3.67. The van der Waals surface area contributed by atoms with Gasteiger partial charge in [0.2, 0.25) is 5.75 Å². The van der Waals surface area contributed by atoms with Gasteiger partial charge in [-0.1, -0.05) is 0 Å². The Labute approximate surface area is 153 Å². The molecule has 1 unspecified atom stereocenters. The molecule has 0 bridgehead atoms. The second-order valence-electron chi connectivity index (χ2n) is 5.99. The molecule has 1 aliphatic heterocycles. The number of esters is 1. The Morgan fingerprint density at radius 3 is 2.81 bits per heavy atom. The number of nitriles is 1. The van der Waals surface area contributed by atoms with Crippen LogP contribution in [0.3, 0.4) is 0 Å². The number of aryl methyl sites for hydroxylation is 1. The number of nitrogens with one attached hydrogen (secondary N) is 1. The number of pyridine rings is 1. The number of nitrogens with zero attached hydrogens (tertiary/aromatic N) is 2. The van der Waals surface area contributed by atoms with Gasteiger partial charge in [-0.2, -0.15) is 5.26 Å². The second kappa shape index (κ2) is 6.92. The molecule has 1 aliphatic rings. The quantitative estimate of drug-likeness (QED) is 0.497. The summed E-state index contributed by atoms with van der Waals surface area (Å²) < 4.78 is 10.7. The van der Waals surface area contributed by atoms with Crippen LogP contribution in [-0.4, -0.2) is 22.5 Å². The number of hydrogen-bond donors (Lipinski definition) is 1. The van der Waals surface area contributed by atoms with Gasteiger partial charge in [-0.3, -0.25) is 19.7 Å². The Morgan fingerprint density at radius 2 is 2.19 bits per heavy atom. The maximum Gasteiger partial charge on any atom is 0.311 e.